The molecular weight excluding hydrogens is 352 g/mol. The van der Waals surface area contributed by atoms with E-state index in [-0.39, 0.29) is 24.3 Å². The van der Waals surface area contributed by atoms with Crippen molar-refractivity contribution in [2.24, 2.45) is 0 Å². The van der Waals surface area contributed by atoms with E-state index >= 15 is 0 Å². The molecule has 2 aromatic carbocycles. The number of amides is 2. The maximum absolute atomic E-state index is 12.6. The van der Waals surface area contributed by atoms with E-state index in [1.807, 2.05) is 6.07 Å². The van der Waals surface area contributed by atoms with Gasteiger partial charge in [0, 0.05) is 23.2 Å². The fourth-order valence-electron chi connectivity index (χ4n) is 2.24. The summed E-state index contributed by atoms with van der Waals surface area (Å²) in [6.07, 6.45) is 2.00. The van der Waals surface area contributed by atoms with Crippen LogP contribution in [0, 0.1) is 0 Å². The van der Waals surface area contributed by atoms with E-state index in [9.17, 15) is 9.59 Å². The number of aliphatic hydroxyl groups excluding tert-OH is 1. The predicted octanol–water partition coefficient (Wildman–Crippen LogP) is 3.00. The van der Waals surface area contributed by atoms with E-state index in [0.717, 1.165) is 5.56 Å². The minimum atomic E-state index is -0.426. The lowest BCUT2D eigenvalue weighted by atomic mass is 10.1. The first-order valence-corrected chi connectivity index (χ1v) is 8.63. The molecule has 0 saturated heterocycles. The number of carbonyl (C=O) groups excluding carboxylic acids is 2. The number of nitrogens with one attached hydrogen (secondary N) is 2. The Bertz CT molecular complexity index is 773. The van der Waals surface area contributed by atoms with Gasteiger partial charge < -0.3 is 15.7 Å². The van der Waals surface area contributed by atoms with E-state index in [0.29, 0.717) is 17.0 Å². The minimum absolute atomic E-state index is 0.0337. The van der Waals surface area contributed by atoms with Crippen LogP contribution in [0.3, 0.4) is 0 Å². The number of hydrogen-bond acceptors (Lipinski definition) is 3. The van der Waals surface area contributed by atoms with E-state index in [1.165, 1.54) is 0 Å². The van der Waals surface area contributed by atoms with Crippen molar-refractivity contribution in [3.05, 3.63) is 76.4 Å². The van der Waals surface area contributed by atoms with Gasteiger partial charge in [-0.05, 0) is 49.2 Å². The molecule has 2 rings (SSSR count). The number of carbonyl (C=O) groups is 2. The average molecular weight is 373 g/mol. The molecule has 2 aromatic rings. The van der Waals surface area contributed by atoms with E-state index in [1.54, 1.807) is 61.5 Å². The van der Waals surface area contributed by atoms with Gasteiger partial charge in [-0.1, -0.05) is 41.9 Å². The summed E-state index contributed by atoms with van der Waals surface area (Å²) in [5, 5.41) is 15.0. The van der Waals surface area contributed by atoms with Gasteiger partial charge in [0.25, 0.3) is 11.8 Å². The van der Waals surface area contributed by atoms with Crippen molar-refractivity contribution in [2.45, 2.75) is 19.4 Å². The molecule has 0 aliphatic carbocycles. The summed E-state index contributed by atoms with van der Waals surface area (Å²) in [5.41, 5.74) is 1.29. The van der Waals surface area contributed by atoms with Crippen molar-refractivity contribution < 1.29 is 14.7 Å². The first-order valence-electron chi connectivity index (χ1n) is 8.25. The predicted molar refractivity (Wildman–Crippen MR) is 103 cm³/mol. The molecule has 26 heavy (non-hydrogen) atoms. The molecule has 0 fully saturated rings. The van der Waals surface area contributed by atoms with Crippen molar-refractivity contribution in [3.8, 4) is 0 Å². The lowest BCUT2D eigenvalue weighted by Gasteiger charge is -2.15. The molecule has 1 unspecified atom stereocenters. The van der Waals surface area contributed by atoms with Crippen LogP contribution in [0.15, 0.2) is 60.3 Å². The molecule has 0 spiro atoms. The van der Waals surface area contributed by atoms with Crippen molar-refractivity contribution in [2.75, 3.05) is 6.61 Å². The molecule has 0 aliphatic heterocycles. The molecule has 0 saturated carbocycles. The number of benzene rings is 2. The second-order valence-electron chi connectivity index (χ2n) is 5.82. The summed E-state index contributed by atoms with van der Waals surface area (Å²) < 4.78 is 0. The van der Waals surface area contributed by atoms with Gasteiger partial charge in [0.05, 0.1) is 0 Å². The summed E-state index contributed by atoms with van der Waals surface area (Å²) in [6.45, 7) is 1.75. The van der Waals surface area contributed by atoms with Crippen molar-refractivity contribution in [1.82, 2.24) is 10.6 Å². The number of aliphatic hydroxyl groups is 1. The van der Waals surface area contributed by atoms with Crippen LogP contribution < -0.4 is 10.6 Å². The highest BCUT2D eigenvalue weighted by atomic mass is 35.5. The third kappa shape index (κ3) is 6.02. The van der Waals surface area contributed by atoms with Gasteiger partial charge in [-0.15, -0.1) is 0 Å². The summed E-state index contributed by atoms with van der Waals surface area (Å²) >= 11 is 5.89. The topological polar surface area (TPSA) is 78.4 Å². The quantitative estimate of drug-likeness (QED) is 0.654. The van der Waals surface area contributed by atoms with Crippen LogP contribution >= 0.6 is 11.6 Å². The molecule has 0 aliphatic rings. The number of hydrogen-bond donors (Lipinski definition) is 3. The number of halogens is 1. The van der Waals surface area contributed by atoms with Gasteiger partial charge >= 0.3 is 0 Å². The molecule has 2 amide bonds. The lowest BCUT2D eigenvalue weighted by molar-refractivity contribution is -0.118. The largest absolute Gasteiger partial charge is 0.396 e. The monoisotopic (exact) mass is 372 g/mol. The van der Waals surface area contributed by atoms with Gasteiger partial charge in [-0.25, -0.2) is 0 Å². The van der Waals surface area contributed by atoms with Gasteiger partial charge in [-0.3, -0.25) is 9.59 Å². The van der Waals surface area contributed by atoms with Crippen LogP contribution in [0.4, 0.5) is 0 Å². The SMILES string of the molecule is CC(CCO)NC(=O)/C(=C\c1ccc(Cl)cc1)NC(=O)c1ccccc1. The molecule has 0 heterocycles. The highest BCUT2D eigenvalue weighted by Crippen LogP contribution is 2.13. The Hall–Kier alpha value is -2.63. The second kappa shape index (κ2) is 9.75. The Morgan fingerprint density at radius 2 is 1.77 bits per heavy atom. The minimum Gasteiger partial charge on any atom is -0.396 e. The fourth-order valence-corrected chi connectivity index (χ4v) is 2.36. The van der Waals surface area contributed by atoms with E-state index < -0.39 is 5.91 Å². The van der Waals surface area contributed by atoms with E-state index in [2.05, 4.69) is 10.6 Å². The smallest absolute Gasteiger partial charge is 0.268 e. The molecule has 0 aromatic heterocycles. The van der Waals surface area contributed by atoms with Crippen LogP contribution in [-0.4, -0.2) is 29.6 Å². The normalized spacial score (nSPS) is 12.3. The van der Waals surface area contributed by atoms with E-state index in [4.69, 9.17) is 16.7 Å². The standard InChI is InChI=1S/C20H21ClN2O3/c1-14(11-12-24)22-20(26)18(13-15-7-9-17(21)10-8-15)23-19(25)16-5-3-2-4-6-16/h2-10,13-14,24H,11-12H2,1H3,(H,22,26)(H,23,25)/b18-13+. The van der Waals surface area contributed by atoms with Crippen LogP contribution in [0.25, 0.3) is 6.08 Å². The Morgan fingerprint density at radius 3 is 2.38 bits per heavy atom. The molecule has 3 N–H and O–H groups in total. The Balaban J connectivity index is 2.24. The zero-order valence-corrected chi connectivity index (χ0v) is 15.2. The highest BCUT2D eigenvalue weighted by molar-refractivity contribution is 6.30. The van der Waals surface area contributed by atoms with Crippen LogP contribution in [-0.2, 0) is 4.79 Å². The van der Waals surface area contributed by atoms with Gasteiger partial charge in [0.15, 0.2) is 0 Å². The summed E-state index contributed by atoms with van der Waals surface area (Å²) in [4.78, 5) is 25.0. The number of rotatable bonds is 7. The third-order valence-electron chi connectivity index (χ3n) is 3.65. The fraction of sp³-hybridized carbons (Fsp3) is 0.200. The van der Waals surface area contributed by atoms with Gasteiger partial charge in [0.2, 0.25) is 0 Å². The van der Waals surface area contributed by atoms with Gasteiger partial charge in [0.1, 0.15) is 5.70 Å². The summed E-state index contributed by atoms with van der Waals surface area (Å²) in [5.74, 6) is -0.805. The Labute approximate surface area is 157 Å². The Morgan fingerprint density at radius 1 is 1.12 bits per heavy atom. The second-order valence-corrected chi connectivity index (χ2v) is 6.25. The molecule has 0 radical (unpaired) electrons. The first-order chi connectivity index (χ1) is 12.5. The van der Waals surface area contributed by atoms with Crippen LogP contribution in [0.2, 0.25) is 5.02 Å². The zero-order valence-electron chi connectivity index (χ0n) is 14.4. The first kappa shape index (κ1) is 19.7. The van der Waals surface area contributed by atoms with Gasteiger partial charge in [-0.2, -0.15) is 0 Å². The molecule has 5 nitrogen and oxygen atoms in total. The van der Waals surface area contributed by atoms with Crippen LogP contribution in [0.5, 0.6) is 0 Å². The molecule has 1 atom stereocenters. The van der Waals surface area contributed by atoms with Crippen molar-refractivity contribution in [3.63, 3.8) is 0 Å². The molecule has 6 heteroatoms. The van der Waals surface area contributed by atoms with Crippen LogP contribution in [0.1, 0.15) is 29.3 Å². The van der Waals surface area contributed by atoms with Crippen molar-refractivity contribution >= 4 is 29.5 Å². The highest BCUT2D eigenvalue weighted by Gasteiger charge is 2.16. The lowest BCUT2D eigenvalue weighted by Crippen LogP contribution is -2.39. The molecule has 136 valence electrons. The summed E-state index contributed by atoms with van der Waals surface area (Å²) in [6, 6.07) is 15.3. The summed E-state index contributed by atoms with van der Waals surface area (Å²) in [7, 11) is 0. The Kier molecular flexibility index (Phi) is 7.38. The van der Waals surface area contributed by atoms with Crippen molar-refractivity contribution in [1.29, 1.82) is 0 Å². The third-order valence-corrected chi connectivity index (χ3v) is 3.90. The maximum Gasteiger partial charge on any atom is 0.268 e. The molecule has 0 bridgehead atoms. The molecular formula is C20H21ClN2O3. The zero-order chi connectivity index (χ0) is 18.9. The average Bonchev–Trinajstić information content (AvgIpc) is 2.63. The maximum atomic E-state index is 12.6.